The van der Waals surface area contributed by atoms with Gasteiger partial charge in [-0.1, -0.05) is 25.2 Å². The van der Waals surface area contributed by atoms with Crippen molar-refractivity contribution in [3.05, 3.63) is 34.2 Å². The van der Waals surface area contributed by atoms with E-state index in [0.29, 0.717) is 13.1 Å². The molecule has 4 aromatic rings. The monoisotopic (exact) mass is 594 g/mol. The molecule has 10 nitrogen and oxygen atoms in total. The van der Waals surface area contributed by atoms with Gasteiger partial charge in [0.1, 0.15) is 27.9 Å². The van der Waals surface area contributed by atoms with Crippen LogP contribution < -0.4 is 0 Å². The van der Waals surface area contributed by atoms with Crippen LogP contribution in [0.5, 0.6) is 0 Å². The molecule has 1 amide bonds. The Bertz CT molecular complexity index is 1660. The van der Waals surface area contributed by atoms with Gasteiger partial charge in [-0.05, 0) is 85.3 Å². The highest BCUT2D eigenvalue weighted by molar-refractivity contribution is 7.18. The molecule has 42 heavy (non-hydrogen) atoms. The van der Waals surface area contributed by atoms with E-state index in [-0.39, 0.29) is 17.9 Å². The van der Waals surface area contributed by atoms with Gasteiger partial charge in [0, 0.05) is 36.3 Å². The van der Waals surface area contributed by atoms with E-state index in [0.717, 1.165) is 61.8 Å². The predicted molar refractivity (Wildman–Crippen MR) is 165 cm³/mol. The Hall–Kier alpha value is -3.47. The lowest BCUT2D eigenvalue weighted by Gasteiger charge is -2.32. The molecule has 0 radical (unpaired) electrons. The van der Waals surface area contributed by atoms with Gasteiger partial charge in [0.25, 0.3) is 0 Å². The van der Waals surface area contributed by atoms with Crippen molar-refractivity contribution in [1.82, 2.24) is 29.0 Å². The number of aromatic nitrogens is 5. The first-order valence-corrected chi connectivity index (χ1v) is 15.4. The van der Waals surface area contributed by atoms with Crippen molar-refractivity contribution in [2.75, 3.05) is 13.1 Å². The summed E-state index contributed by atoms with van der Waals surface area (Å²) in [6, 6.07) is 0. The molecule has 0 unspecified atom stereocenters. The van der Waals surface area contributed by atoms with Crippen LogP contribution in [0.4, 0.5) is 9.59 Å². The molecule has 1 aliphatic heterocycles. The zero-order valence-electron chi connectivity index (χ0n) is 26.4. The molecule has 1 saturated heterocycles. The summed E-state index contributed by atoms with van der Waals surface area (Å²) in [7, 11) is 0. The summed E-state index contributed by atoms with van der Waals surface area (Å²) in [6.45, 7) is 20.8. The third-order valence-corrected chi connectivity index (χ3v) is 8.80. The highest BCUT2D eigenvalue weighted by Crippen LogP contribution is 2.44. The van der Waals surface area contributed by atoms with E-state index in [1.165, 1.54) is 0 Å². The molecule has 0 N–H and O–H groups in total. The molecule has 226 valence electrons. The van der Waals surface area contributed by atoms with E-state index < -0.39 is 17.3 Å². The van der Waals surface area contributed by atoms with Crippen molar-refractivity contribution in [1.29, 1.82) is 0 Å². The van der Waals surface area contributed by atoms with Crippen LogP contribution in [0.15, 0.2) is 12.5 Å². The van der Waals surface area contributed by atoms with Crippen molar-refractivity contribution in [3.63, 3.8) is 0 Å². The van der Waals surface area contributed by atoms with Gasteiger partial charge < -0.3 is 14.4 Å². The molecule has 11 heteroatoms. The Morgan fingerprint density at radius 3 is 2.19 bits per heavy atom. The zero-order valence-corrected chi connectivity index (χ0v) is 27.2. The fraction of sp³-hybridized carbons (Fsp3) is 0.581. The molecule has 5 heterocycles. The van der Waals surface area contributed by atoms with Crippen molar-refractivity contribution >= 4 is 39.5 Å². The first-order chi connectivity index (χ1) is 19.6. The van der Waals surface area contributed by atoms with Crippen LogP contribution in [-0.4, -0.2) is 65.5 Å². The highest BCUT2D eigenvalue weighted by Gasteiger charge is 2.34. The average Bonchev–Trinajstić information content (AvgIpc) is 3.57. The quantitative estimate of drug-likeness (QED) is 0.243. The first kappa shape index (κ1) is 30.0. The predicted octanol–water partition coefficient (Wildman–Crippen LogP) is 7.45. The summed E-state index contributed by atoms with van der Waals surface area (Å²) < 4.78 is 15.0. The number of amides is 1. The lowest BCUT2D eigenvalue weighted by Crippen LogP contribution is -2.41. The molecule has 0 aliphatic carbocycles. The SMILES string of the molecule is Cc1c(-c2c(C(C)C)c3nc(C4CCN(C(=O)OC(C)(C)C)CC4)sc3n2C(=O)OC(C)(C)C)cn2ncnc2c1C. The summed E-state index contributed by atoms with van der Waals surface area (Å²) in [5, 5.41) is 5.38. The standard InChI is InChI=1S/C31H42N6O4S/c1-17(2)22-23-27(42-26(34-23)20-11-13-35(14-12-20)28(38)40-30(5,6)7)37(29(39)41-31(8,9)10)24(22)21-15-36-25(32-16-33-36)19(4)18(21)3/h15-17,20H,11-14H2,1-10H3. The Labute approximate surface area is 251 Å². The van der Waals surface area contributed by atoms with Crippen LogP contribution >= 0.6 is 11.3 Å². The van der Waals surface area contributed by atoms with Gasteiger partial charge in [0.05, 0.1) is 10.7 Å². The second kappa shape index (κ2) is 10.7. The fourth-order valence-corrected chi connectivity index (χ4v) is 6.78. The van der Waals surface area contributed by atoms with E-state index in [1.807, 2.05) is 54.7 Å². The molecule has 0 saturated carbocycles. The van der Waals surface area contributed by atoms with Gasteiger partial charge >= 0.3 is 12.2 Å². The number of aryl methyl sites for hydroxylation is 1. The summed E-state index contributed by atoms with van der Waals surface area (Å²) in [6.07, 6.45) is 4.36. The topological polar surface area (TPSA) is 104 Å². The minimum absolute atomic E-state index is 0.0845. The molecule has 0 bridgehead atoms. The first-order valence-electron chi connectivity index (χ1n) is 14.6. The Kier molecular flexibility index (Phi) is 7.62. The molecule has 5 rings (SSSR count). The van der Waals surface area contributed by atoms with Gasteiger partial charge in [-0.15, -0.1) is 0 Å². The van der Waals surface area contributed by atoms with E-state index in [9.17, 15) is 9.59 Å². The number of piperidine rings is 1. The molecule has 0 spiro atoms. The number of rotatable bonds is 3. The number of carbonyl (C=O) groups is 2. The largest absolute Gasteiger partial charge is 0.444 e. The highest BCUT2D eigenvalue weighted by atomic mass is 32.1. The Morgan fingerprint density at radius 2 is 1.60 bits per heavy atom. The third-order valence-electron chi connectivity index (χ3n) is 7.59. The van der Waals surface area contributed by atoms with E-state index in [2.05, 4.69) is 30.9 Å². The number of hydrogen-bond donors (Lipinski definition) is 0. The molecule has 4 aromatic heterocycles. The normalized spacial score (nSPS) is 15.3. The maximum Gasteiger partial charge on any atom is 0.420 e. The number of thiazole rings is 1. The lowest BCUT2D eigenvalue weighted by atomic mass is 9.95. The number of likely N-dealkylation sites (tertiary alicyclic amines) is 1. The maximum atomic E-state index is 14.0. The Balaban J connectivity index is 1.61. The summed E-state index contributed by atoms with van der Waals surface area (Å²) in [5.74, 6) is 0.272. The molecule has 0 atom stereocenters. The van der Waals surface area contributed by atoms with Crippen molar-refractivity contribution < 1.29 is 19.1 Å². The van der Waals surface area contributed by atoms with Crippen molar-refractivity contribution in [2.45, 2.75) is 105 Å². The van der Waals surface area contributed by atoms with Crippen LogP contribution in [-0.2, 0) is 9.47 Å². The summed E-state index contributed by atoms with van der Waals surface area (Å²) in [5.41, 5.74) is 5.15. The molecule has 0 aromatic carbocycles. The second-order valence-corrected chi connectivity index (χ2v) is 14.5. The van der Waals surface area contributed by atoms with Gasteiger partial charge in [0.15, 0.2) is 5.65 Å². The van der Waals surface area contributed by atoms with Crippen molar-refractivity contribution in [3.8, 4) is 11.3 Å². The minimum Gasteiger partial charge on any atom is -0.444 e. The number of nitrogens with zero attached hydrogens (tertiary/aromatic N) is 6. The van der Waals surface area contributed by atoms with Crippen LogP contribution in [0.25, 0.3) is 27.3 Å². The second-order valence-electron chi connectivity index (χ2n) is 13.5. The lowest BCUT2D eigenvalue weighted by molar-refractivity contribution is 0.0204. The van der Waals surface area contributed by atoms with Gasteiger partial charge in [-0.2, -0.15) is 5.10 Å². The fourth-order valence-electron chi connectivity index (χ4n) is 5.53. The summed E-state index contributed by atoms with van der Waals surface area (Å²) in [4.78, 5) is 38.8. The molecular formula is C31H42N6O4S. The average molecular weight is 595 g/mol. The smallest absolute Gasteiger partial charge is 0.420 e. The number of fused-ring (bicyclic) bond motifs is 2. The number of ether oxygens (including phenoxy) is 2. The number of carbonyl (C=O) groups excluding carboxylic acids is 2. The van der Waals surface area contributed by atoms with Gasteiger partial charge in [-0.3, -0.25) is 0 Å². The van der Waals surface area contributed by atoms with Crippen LogP contribution in [0.3, 0.4) is 0 Å². The van der Waals surface area contributed by atoms with E-state index in [1.54, 1.807) is 31.6 Å². The van der Waals surface area contributed by atoms with E-state index in [4.69, 9.17) is 14.5 Å². The Morgan fingerprint density at radius 1 is 0.976 bits per heavy atom. The molecule has 1 aliphatic rings. The van der Waals surface area contributed by atoms with Gasteiger partial charge in [0.2, 0.25) is 0 Å². The van der Waals surface area contributed by atoms with Crippen LogP contribution in [0, 0.1) is 13.8 Å². The van der Waals surface area contributed by atoms with Crippen LogP contribution in [0.2, 0.25) is 0 Å². The molecular weight excluding hydrogens is 552 g/mol. The summed E-state index contributed by atoms with van der Waals surface area (Å²) >= 11 is 1.55. The van der Waals surface area contributed by atoms with Crippen molar-refractivity contribution in [2.24, 2.45) is 0 Å². The third kappa shape index (κ3) is 5.63. The number of pyridine rings is 1. The zero-order chi connectivity index (χ0) is 30.7. The van der Waals surface area contributed by atoms with Crippen LogP contribution in [0.1, 0.15) is 102 Å². The van der Waals surface area contributed by atoms with E-state index >= 15 is 0 Å². The van der Waals surface area contributed by atoms with Gasteiger partial charge in [-0.25, -0.2) is 28.6 Å². The minimum atomic E-state index is -0.675. The molecule has 1 fully saturated rings. The number of hydrogen-bond acceptors (Lipinski definition) is 8. The maximum absolute atomic E-state index is 14.0.